The molecule has 1 aliphatic carbocycles. The molecule has 0 spiro atoms. The fourth-order valence-corrected chi connectivity index (χ4v) is 5.74. The van der Waals surface area contributed by atoms with E-state index in [4.69, 9.17) is 4.74 Å². The molecule has 2 rings (SSSR count). The highest BCUT2D eigenvalue weighted by Gasteiger charge is 2.55. The van der Waals surface area contributed by atoms with E-state index in [0.29, 0.717) is 19.6 Å². The quantitative estimate of drug-likeness (QED) is 0.765. The first-order chi connectivity index (χ1) is 9.85. The Kier molecular flexibility index (Phi) is 4.95. The Balaban J connectivity index is 2.37. The van der Waals surface area contributed by atoms with Gasteiger partial charge < -0.3 is 9.64 Å². The highest BCUT2D eigenvalue weighted by atomic mass is 32.2. The lowest BCUT2D eigenvalue weighted by molar-refractivity contribution is -0.146. The number of sulfonamides is 1. The minimum Gasteiger partial charge on any atom is -0.383 e. The van der Waals surface area contributed by atoms with Crippen molar-refractivity contribution in [3.8, 4) is 0 Å². The molecule has 1 aliphatic heterocycles. The van der Waals surface area contributed by atoms with E-state index in [1.54, 1.807) is 30.4 Å². The summed E-state index contributed by atoms with van der Waals surface area (Å²) in [6.07, 6.45) is 3.97. The topological polar surface area (TPSA) is 66.9 Å². The number of nitrogens with zero attached hydrogens (tertiary/aromatic N) is 2. The second-order valence-electron chi connectivity index (χ2n) is 6.29. The SMILES string of the molecule is COCCN1[C@@H]2CCCC[C@@]2(C(=O)N(C)C)CCS1(=O)=O. The first kappa shape index (κ1) is 16.7. The van der Waals surface area contributed by atoms with Crippen LogP contribution in [0.15, 0.2) is 0 Å². The fourth-order valence-electron chi connectivity index (χ4n) is 3.83. The predicted octanol–water partition coefficient (Wildman–Crippen LogP) is 0.686. The molecular formula is C14H26N2O4S. The Labute approximate surface area is 127 Å². The number of carbonyl (C=O) groups excluding carboxylic acids is 1. The van der Waals surface area contributed by atoms with Crippen molar-refractivity contribution in [1.82, 2.24) is 9.21 Å². The van der Waals surface area contributed by atoms with Gasteiger partial charge in [-0.3, -0.25) is 4.79 Å². The molecule has 0 unspecified atom stereocenters. The number of rotatable bonds is 4. The number of fused-ring (bicyclic) bond motifs is 1. The van der Waals surface area contributed by atoms with Crippen molar-refractivity contribution in [1.29, 1.82) is 0 Å². The van der Waals surface area contributed by atoms with Gasteiger partial charge in [-0.05, 0) is 19.3 Å². The third-order valence-corrected chi connectivity index (χ3v) is 6.72. The van der Waals surface area contributed by atoms with E-state index in [-0.39, 0.29) is 17.7 Å². The molecule has 0 N–H and O–H groups in total. The summed E-state index contributed by atoms with van der Waals surface area (Å²) in [5.41, 5.74) is -0.541. The standard InChI is InChI=1S/C14H26N2O4S/c1-15(2)13(17)14-7-5-4-6-12(14)16(9-10-20-3)21(18,19)11-8-14/h12H,4-11H2,1-3H3/t12-,14-/m1/s1. The molecule has 1 saturated carbocycles. The maximum Gasteiger partial charge on any atom is 0.229 e. The molecule has 2 atom stereocenters. The van der Waals surface area contributed by atoms with E-state index in [9.17, 15) is 13.2 Å². The summed E-state index contributed by atoms with van der Waals surface area (Å²) in [5, 5.41) is 0. The van der Waals surface area contributed by atoms with E-state index in [0.717, 1.165) is 25.7 Å². The number of carbonyl (C=O) groups is 1. The van der Waals surface area contributed by atoms with E-state index in [1.165, 1.54) is 0 Å². The second kappa shape index (κ2) is 6.22. The van der Waals surface area contributed by atoms with Crippen LogP contribution in [0.5, 0.6) is 0 Å². The highest BCUT2D eigenvalue weighted by Crippen LogP contribution is 2.47. The average Bonchev–Trinajstić information content (AvgIpc) is 2.45. The second-order valence-corrected chi connectivity index (χ2v) is 8.33. The molecule has 7 heteroatoms. The van der Waals surface area contributed by atoms with Crippen molar-refractivity contribution in [3.05, 3.63) is 0 Å². The summed E-state index contributed by atoms with van der Waals surface area (Å²) in [4.78, 5) is 14.4. The van der Waals surface area contributed by atoms with Crippen LogP contribution in [-0.4, -0.2) is 69.7 Å². The monoisotopic (exact) mass is 318 g/mol. The Bertz CT molecular complexity index is 491. The number of hydrogen-bond donors (Lipinski definition) is 0. The minimum atomic E-state index is -3.28. The molecule has 0 aromatic rings. The Hall–Kier alpha value is -0.660. The van der Waals surface area contributed by atoms with Crippen LogP contribution in [0.2, 0.25) is 0 Å². The number of methoxy groups -OCH3 is 1. The maximum absolute atomic E-state index is 12.8. The van der Waals surface area contributed by atoms with Crippen LogP contribution in [0.25, 0.3) is 0 Å². The number of ether oxygens (including phenoxy) is 1. The molecule has 0 radical (unpaired) electrons. The third-order valence-electron chi connectivity index (χ3n) is 4.85. The zero-order valence-corrected chi connectivity index (χ0v) is 14.0. The van der Waals surface area contributed by atoms with Crippen molar-refractivity contribution in [2.75, 3.05) is 40.1 Å². The molecule has 1 heterocycles. The summed E-state index contributed by atoms with van der Waals surface area (Å²) in [5.74, 6) is 0.136. The third kappa shape index (κ3) is 2.96. The van der Waals surface area contributed by atoms with Gasteiger partial charge in [0.25, 0.3) is 0 Å². The molecular weight excluding hydrogens is 292 g/mol. The zero-order valence-electron chi connectivity index (χ0n) is 13.2. The molecule has 2 aliphatic rings. The number of amides is 1. The van der Waals surface area contributed by atoms with Crippen LogP contribution < -0.4 is 0 Å². The molecule has 0 aromatic heterocycles. The normalized spacial score (nSPS) is 32.4. The van der Waals surface area contributed by atoms with Gasteiger partial charge in [-0.2, -0.15) is 4.31 Å². The van der Waals surface area contributed by atoms with Crippen LogP contribution in [0.4, 0.5) is 0 Å². The molecule has 2 fully saturated rings. The summed E-state index contributed by atoms with van der Waals surface area (Å²) >= 11 is 0. The van der Waals surface area contributed by atoms with Gasteiger partial charge in [0.2, 0.25) is 15.9 Å². The lowest BCUT2D eigenvalue weighted by atomic mass is 9.67. The van der Waals surface area contributed by atoms with Crippen LogP contribution in [0.3, 0.4) is 0 Å². The van der Waals surface area contributed by atoms with Crippen molar-refractivity contribution < 1.29 is 17.9 Å². The van der Waals surface area contributed by atoms with E-state index < -0.39 is 15.4 Å². The van der Waals surface area contributed by atoms with Gasteiger partial charge in [0, 0.05) is 33.8 Å². The molecule has 21 heavy (non-hydrogen) atoms. The van der Waals surface area contributed by atoms with Crippen LogP contribution in [-0.2, 0) is 19.6 Å². The fraction of sp³-hybridized carbons (Fsp3) is 0.929. The smallest absolute Gasteiger partial charge is 0.229 e. The van der Waals surface area contributed by atoms with Crippen molar-refractivity contribution >= 4 is 15.9 Å². The summed E-state index contributed by atoms with van der Waals surface area (Å²) in [6, 6.07) is -0.213. The molecule has 0 bridgehead atoms. The lowest BCUT2D eigenvalue weighted by Gasteiger charge is -2.51. The summed E-state index contributed by atoms with van der Waals surface area (Å²) in [6.45, 7) is 0.702. The van der Waals surface area contributed by atoms with Gasteiger partial charge >= 0.3 is 0 Å². The van der Waals surface area contributed by atoms with E-state index in [2.05, 4.69) is 0 Å². The summed E-state index contributed by atoms with van der Waals surface area (Å²) < 4.78 is 31.4. The Morgan fingerprint density at radius 1 is 1.33 bits per heavy atom. The van der Waals surface area contributed by atoms with Gasteiger partial charge in [0.1, 0.15) is 0 Å². The molecule has 1 saturated heterocycles. The van der Waals surface area contributed by atoms with Crippen LogP contribution in [0.1, 0.15) is 32.1 Å². The van der Waals surface area contributed by atoms with Gasteiger partial charge in [0.05, 0.1) is 17.8 Å². The van der Waals surface area contributed by atoms with Crippen LogP contribution in [0, 0.1) is 5.41 Å². The largest absolute Gasteiger partial charge is 0.383 e. The van der Waals surface area contributed by atoms with E-state index >= 15 is 0 Å². The predicted molar refractivity (Wildman–Crippen MR) is 80.4 cm³/mol. The first-order valence-corrected chi connectivity index (χ1v) is 9.16. The van der Waals surface area contributed by atoms with Gasteiger partial charge in [-0.25, -0.2) is 8.42 Å². The zero-order chi connectivity index (χ0) is 15.7. The van der Waals surface area contributed by atoms with Crippen LogP contribution >= 0.6 is 0 Å². The van der Waals surface area contributed by atoms with Crippen molar-refractivity contribution in [2.45, 2.75) is 38.1 Å². The Morgan fingerprint density at radius 3 is 2.67 bits per heavy atom. The Morgan fingerprint density at radius 2 is 2.05 bits per heavy atom. The highest BCUT2D eigenvalue weighted by molar-refractivity contribution is 7.89. The molecule has 122 valence electrons. The summed E-state index contributed by atoms with van der Waals surface area (Å²) in [7, 11) is 1.79. The molecule has 0 aromatic carbocycles. The maximum atomic E-state index is 12.8. The van der Waals surface area contributed by atoms with Gasteiger partial charge in [-0.1, -0.05) is 12.8 Å². The lowest BCUT2D eigenvalue weighted by Crippen LogP contribution is -2.62. The van der Waals surface area contributed by atoms with Crippen molar-refractivity contribution in [2.24, 2.45) is 5.41 Å². The minimum absolute atomic E-state index is 0.0623. The number of hydrogen-bond acceptors (Lipinski definition) is 4. The molecule has 1 amide bonds. The van der Waals surface area contributed by atoms with E-state index in [1.807, 2.05) is 0 Å². The average molecular weight is 318 g/mol. The van der Waals surface area contributed by atoms with Crippen molar-refractivity contribution in [3.63, 3.8) is 0 Å². The van der Waals surface area contributed by atoms with Gasteiger partial charge in [-0.15, -0.1) is 0 Å². The first-order valence-electron chi connectivity index (χ1n) is 7.55. The van der Waals surface area contributed by atoms with Gasteiger partial charge in [0.15, 0.2) is 0 Å². The molecule has 6 nitrogen and oxygen atoms in total.